The summed E-state index contributed by atoms with van der Waals surface area (Å²) in [5, 5.41) is 18.5. The highest BCUT2D eigenvalue weighted by Crippen LogP contribution is 2.23. The summed E-state index contributed by atoms with van der Waals surface area (Å²) in [5.41, 5.74) is 0.678. The average molecular weight is 237 g/mol. The average Bonchev–Trinajstić information content (AvgIpc) is 2.33. The van der Waals surface area contributed by atoms with E-state index >= 15 is 0 Å². The van der Waals surface area contributed by atoms with Crippen LogP contribution in [0.25, 0.3) is 0 Å². The molecule has 92 valence electrons. The number of nitrogens with zero attached hydrogens (tertiary/aromatic N) is 1. The number of rotatable bonds is 3. The summed E-state index contributed by atoms with van der Waals surface area (Å²) < 4.78 is 5.21. The Morgan fingerprint density at radius 2 is 1.82 bits per heavy atom. The molecule has 0 radical (unpaired) electrons. The Morgan fingerprint density at radius 1 is 1.24 bits per heavy atom. The van der Waals surface area contributed by atoms with Gasteiger partial charge in [0.1, 0.15) is 11.8 Å². The third kappa shape index (κ3) is 2.75. The van der Waals surface area contributed by atoms with Crippen molar-refractivity contribution in [3.63, 3.8) is 0 Å². The molecular formula is C12H15NO4. The summed E-state index contributed by atoms with van der Waals surface area (Å²) in [4.78, 5) is 13.2. The van der Waals surface area contributed by atoms with Crippen molar-refractivity contribution in [2.24, 2.45) is 0 Å². The molecule has 1 saturated heterocycles. The maximum Gasteiger partial charge on any atom is 0.325 e. The fourth-order valence-corrected chi connectivity index (χ4v) is 2.00. The predicted molar refractivity (Wildman–Crippen MR) is 60.9 cm³/mol. The van der Waals surface area contributed by atoms with Gasteiger partial charge in [-0.2, -0.15) is 0 Å². The second kappa shape index (κ2) is 5.16. The summed E-state index contributed by atoms with van der Waals surface area (Å²) in [6.07, 6.45) is 0. The van der Waals surface area contributed by atoms with E-state index in [2.05, 4.69) is 0 Å². The van der Waals surface area contributed by atoms with Crippen molar-refractivity contribution >= 4 is 5.97 Å². The molecule has 1 aliphatic rings. The van der Waals surface area contributed by atoms with Gasteiger partial charge in [0, 0.05) is 13.1 Å². The van der Waals surface area contributed by atoms with Crippen molar-refractivity contribution < 1.29 is 19.7 Å². The first-order valence-corrected chi connectivity index (χ1v) is 5.52. The summed E-state index contributed by atoms with van der Waals surface area (Å²) in [5.74, 6) is -0.738. The van der Waals surface area contributed by atoms with Gasteiger partial charge in [-0.05, 0) is 17.7 Å². The zero-order chi connectivity index (χ0) is 12.3. The first-order chi connectivity index (χ1) is 8.18. The molecule has 0 aliphatic carbocycles. The first kappa shape index (κ1) is 11.9. The quantitative estimate of drug-likeness (QED) is 0.815. The van der Waals surface area contributed by atoms with Crippen molar-refractivity contribution in [1.82, 2.24) is 4.90 Å². The lowest BCUT2D eigenvalue weighted by atomic mass is 10.0. The molecule has 1 aromatic rings. The van der Waals surface area contributed by atoms with Gasteiger partial charge in [-0.25, -0.2) is 0 Å². The van der Waals surface area contributed by atoms with Crippen LogP contribution in [-0.2, 0) is 9.53 Å². The molecule has 1 heterocycles. The highest BCUT2D eigenvalue weighted by molar-refractivity contribution is 5.75. The maximum atomic E-state index is 11.3. The fraction of sp³-hybridized carbons (Fsp3) is 0.417. The zero-order valence-electron chi connectivity index (χ0n) is 9.37. The van der Waals surface area contributed by atoms with Crippen molar-refractivity contribution in [2.45, 2.75) is 6.04 Å². The van der Waals surface area contributed by atoms with Gasteiger partial charge in [0.25, 0.3) is 0 Å². The SMILES string of the molecule is O=C(O)C(c1ccc(O)cc1)N1CCOCC1. The molecule has 2 rings (SSSR count). The van der Waals surface area contributed by atoms with Crippen molar-refractivity contribution in [2.75, 3.05) is 26.3 Å². The molecular weight excluding hydrogens is 222 g/mol. The minimum absolute atomic E-state index is 0.139. The number of carboxylic acids is 1. The van der Waals surface area contributed by atoms with Gasteiger partial charge in [-0.15, -0.1) is 0 Å². The number of aliphatic carboxylic acids is 1. The monoisotopic (exact) mass is 237 g/mol. The molecule has 1 aromatic carbocycles. The van der Waals surface area contributed by atoms with E-state index < -0.39 is 12.0 Å². The summed E-state index contributed by atoms with van der Waals surface area (Å²) in [6.45, 7) is 2.33. The van der Waals surface area contributed by atoms with Gasteiger partial charge >= 0.3 is 5.97 Å². The van der Waals surface area contributed by atoms with Crippen LogP contribution in [0.4, 0.5) is 0 Å². The lowest BCUT2D eigenvalue weighted by molar-refractivity contribution is -0.145. The Bertz CT molecular complexity index is 384. The molecule has 1 atom stereocenters. The molecule has 0 bridgehead atoms. The smallest absolute Gasteiger partial charge is 0.325 e. The summed E-state index contributed by atoms with van der Waals surface area (Å²) in [7, 11) is 0. The van der Waals surface area contributed by atoms with E-state index in [0.29, 0.717) is 31.9 Å². The van der Waals surface area contributed by atoms with Crippen LogP contribution in [0, 0.1) is 0 Å². The van der Waals surface area contributed by atoms with Gasteiger partial charge in [0.15, 0.2) is 0 Å². The molecule has 1 unspecified atom stereocenters. The number of benzene rings is 1. The molecule has 1 fully saturated rings. The van der Waals surface area contributed by atoms with E-state index in [0.717, 1.165) is 0 Å². The zero-order valence-corrected chi connectivity index (χ0v) is 9.37. The van der Waals surface area contributed by atoms with Crippen LogP contribution >= 0.6 is 0 Å². The van der Waals surface area contributed by atoms with Gasteiger partial charge < -0.3 is 14.9 Å². The number of hydrogen-bond acceptors (Lipinski definition) is 4. The highest BCUT2D eigenvalue weighted by atomic mass is 16.5. The van der Waals surface area contributed by atoms with Crippen LogP contribution in [0.1, 0.15) is 11.6 Å². The Hall–Kier alpha value is -1.59. The second-order valence-corrected chi connectivity index (χ2v) is 3.98. The number of phenols is 1. The topological polar surface area (TPSA) is 70.0 Å². The molecule has 2 N–H and O–H groups in total. The summed E-state index contributed by atoms with van der Waals surface area (Å²) >= 11 is 0. The Labute approximate surface area is 99.2 Å². The van der Waals surface area contributed by atoms with Gasteiger partial charge in [-0.1, -0.05) is 12.1 Å². The molecule has 0 aromatic heterocycles. The number of morpholine rings is 1. The van der Waals surface area contributed by atoms with E-state index in [-0.39, 0.29) is 5.75 Å². The van der Waals surface area contributed by atoms with Crippen LogP contribution in [0.15, 0.2) is 24.3 Å². The van der Waals surface area contributed by atoms with E-state index in [1.165, 1.54) is 12.1 Å². The summed E-state index contributed by atoms with van der Waals surface area (Å²) in [6, 6.07) is 5.63. The number of carbonyl (C=O) groups is 1. The molecule has 17 heavy (non-hydrogen) atoms. The lowest BCUT2D eigenvalue weighted by Gasteiger charge is -2.32. The number of ether oxygens (including phenoxy) is 1. The van der Waals surface area contributed by atoms with Gasteiger partial charge in [0.05, 0.1) is 13.2 Å². The lowest BCUT2D eigenvalue weighted by Crippen LogP contribution is -2.42. The molecule has 5 nitrogen and oxygen atoms in total. The number of carboxylic acid groups (broad SMARTS) is 1. The highest BCUT2D eigenvalue weighted by Gasteiger charge is 2.28. The van der Waals surface area contributed by atoms with Gasteiger partial charge in [-0.3, -0.25) is 9.69 Å². The van der Waals surface area contributed by atoms with Crippen LogP contribution in [-0.4, -0.2) is 47.4 Å². The van der Waals surface area contributed by atoms with E-state index in [9.17, 15) is 15.0 Å². The van der Waals surface area contributed by atoms with Crippen molar-refractivity contribution in [3.05, 3.63) is 29.8 Å². The Balaban J connectivity index is 2.21. The predicted octanol–water partition coefficient (Wildman–Crippen LogP) is 0.850. The Kier molecular flexibility index (Phi) is 3.61. The van der Waals surface area contributed by atoms with Crippen LogP contribution in [0.3, 0.4) is 0 Å². The first-order valence-electron chi connectivity index (χ1n) is 5.52. The largest absolute Gasteiger partial charge is 0.508 e. The number of phenolic OH excluding ortho intramolecular Hbond substituents is 1. The standard InChI is InChI=1S/C12H15NO4/c14-10-3-1-9(2-4-10)11(12(15)16)13-5-7-17-8-6-13/h1-4,11,14H,5-8H2,(H,15,16). The van der Waals surface area contributed by atoms with E-state index in [1.54, 1.807) is 12.1 Å². The second-order valence-electron chi connectivity index (χ2n) is 3.98. The third-order valence-corrected chi connectivity index (χ3v) is 2.85. The third-order valence-electron chi connectivity index (χ3n) is 2.85. The van der Waals surface area contributed by atoms with E-state index in [1.807, 2.05) is 4.90 Å². The van der Waals surface area contributed by atoms with Crippen LogP contribution in [0.5, 0.6) is 5.75 Å². The molecule has 0 spiro atoms. The molecule has 1 aliphatic heterocycles. The molecule has 0 saturated carbocycles. The number of hydrogen-bond donors (Lipinski definition) is 2. The molecule has 0 amide bonds. The van der Waals surface area contributed by atoms with Crippen LogP contribution < -0.4 is 0 Å². The normalized spacial score (nSPS) is 18.8. The van der Waals surface area contributed by atoms with Gasteiger partial charge in [0.2, 0.25) is 0 Å². The van der Waals surface area contributed by atoms with Crippen LogP contribution in [0.2, 0.25) is 0 Å². The van der Waals surface area contributed by atoms with E-state index in [4.69, 9.17) is 4.74 Å². The van der Waals surface area contributed by atoms with Crippen molar-refractivity contribution in [3.8, 4) is 5.75 Å². The number of aromatic hydroxyl groups is 1. The minimum Gasteiger partial charge on any atom is -0.508 e. The Morgan fingerprint density at radius 3 is 2.35 bits per heavy atom. The van der Waals surface area contributed by atoms with Crippen molar-refractivity contribution in [1.29, 1.82) is 0 Å². The minimum atomic E-state index is -0.877. The maximum absolute atomic E-state index is 11.3. The molecule has 5 heteroatoms. The fourth-order valence-electron chi connectivity index (χ4n) is 2.00.